The Hall–Kier alpha value is -2.62. The van der Waals surface area contributed by atoms with Crippen LogP contribution in [0.5, 0.6) is 0 Å². The van der Waals surface area contributed by atoms with Crippen molar-refractivity contribution >= 4 is 28.9 Å². The average molecular weight is 268 g/mol. The van der Waals surface area contributed by atoms with Crippen molar-refractivity contribution in [1.29, 1.82) is 0 Å². The van der Waals surface area contributed by atoms with Gasteiger partial charge in [-0.25, -0.2) is 0 Å². The minimum absolute atomic E-state index is 0.117. The van der Waals surface area contributed by atoms with Crippen LogP contribution in [0.15, 0.2) is 54.6 Å². The Morgan fingerprint density at radius 3 is 2.10 bits per heavy atom. The number of carbonyl (C=O) groups excluding carboxylic acids is 2. The largest absolute Gasteiger partial charge is 0.325 e. The molecule has 0 bridgehead atoms. The van der Waals surface area contributed by atoms with Crippen LogP contribution in [0.1, 0.15) is 13.8 Å². The maximum Gasteiger partial charge on any atom is 0.228 e. The number of rotatable bonds is 3. The Kier molecular flexibility index (Phi) is 4.15. The molecule has 102 valence electrons. The van der Waals surface area contributed by atoms with Crippen molar-refractivity contribution in [3.8, 4) is 0 Å². The van der Waals surface area contributed by atoms with Gasteiger partial charge in [-0.3, -0.25) is 14.5 Å². The quantitative estimate of drug-likeness (QED) is 0.928. The smallest absolute Gasteiger partial charge is 0.228 e. The van der Waals surface area contributed by atoms with Gasteiger partial charge >= 0.3 is 0 Å². The monoisotopic (exact) mass is 268 g/mol. The molecule has 0 fully saturated rings. The minimum Gasteiger partial charge on any atom is -0.325 e. The fourth-order valence-corrected chi connectivity index (χ4v) is 2.03. The predicted octanol–water partition coefficient (Wildman–Crippen LogP) is 3.33. The number of anilines is 3. The van der Waals surface area contributed by atoms with Gasteiger partial charge in [0.15, 0.2) is 0 Å². The summed E-state index contributed by atoms with van der Waals surface area (Å²) in [5.41, 5.74) is 2.03. The fraction of sp³-hybridized carbons (Fsp3) is 0.125. The standard InChI is InChI=1S/C16H16N2O2/c1-12(19)17-15-10-6-7-11-16(15)18(13(2)20)14-8-4-3-5-9-14/h3-11H,1-2H3,(H,17,19). The second kappa shape index (κ2) is 6.02. The van der Waals surface area contributed by atoms with Gasteiger partial charge in [0.05, 0.1) is 11.4 Å². The van der Waals surface area contributed by atoms with E-state index in [0.717, 1.165) is 5.69 Å². The first-order chi connectivity index (χ1) is 9.59. The molecule has 0 radical (unpaired) electrons. The molecule has 0 saturated carbocycles. The summed E-state index contributed by atoms with van der Waals surface area (Å²) in [7, 11) is 0. The topological polar surface area (TPSA) is 49.4 Å². The first-order valence-electron chi connectivity index (χ1n) is 6.32. The molecule has 1 N–H and O–H groups in total. The number of benzene rings is 2. The van der Waals surface area contributed by atoms with Crippen LogP contribution in [-0.2, 0) is 9.59 Å². The summed E-state index contributed by atoms with van der Waals surface area (Å²) in [4.78, 5) is 24.9. The number of hydrogen-bond acceptors (Lipinski definition) is 2. The molecule has 0 unspecified atom stereocenters. The lowest BCUT2D eigenvalue weighted by Crippen LogP contribution is -2.24. The van der Waals surface area contributed by atoms with Crippen molar-refractivity contribution in [3.63, 3.8) is 0 Å². The molecule has 0 heterocycles. The number of carbonyl (C=O) groups is 2. The van der Waals surface area contributed by atoms with Crippen LogP contribution in [0.3, 0.4) is 0 Å². The Labute approximate surface area is 118 Å². The average Bonchev–Trinajstić information content (AvgIpc) is 2.41. The molecule has 2 amide bonds. The van der Waals surface area contributed by atoms with Gasteiger partial charge in [-0.05, 0) is 24.3 Å². The number of para-hydroxylation sites is 3. The zero-order chi connectivity index (χ0) is 14.5. The molecule has 0 saturated heterocycles. The molecule has 4 heteroatoms. The van der Waals surface area contributed by atoms with E-state index >= 15 is 0 Å². The van der Waals surface area contributed by atoms with Gasteiger partial charge < -0.3 is 5.32 Å². The van der Waals surface area contributed by atoms with E-state index in [-0.39, 0.29) is 11.8 Å². The third kappa shape index (κ3) is 3.03. The minimum atomic E-state index is -0.172. The van der Waals surface area contributed by atoms with E-state index in [1.54, 1.807) is 17.0 Å². The fourth-order valence-electron chi connectivity index (χ4n) is 2.03. The lowest BCUT2D eigenvalue weighted by atomic mass is 10.2. The Balaban J connectivity index is 2.51. The van der Waals surface area contributed by atoms with Gasteiger partial charge in [-0.15, -0.1) is 0 Å². The van der Waals surface area contributed by atoms with E-state index in [4.69, 9.17) is 0 Å². The van der Waals surface area contributed by atoms with Crippen molar-refractivity contribution in [2.24, 2.45) is 0 Å². The molecule has 2 aromatic rings. The Morgan fingerprint density at radius 2 is 1.50 bits per heavy atom. The second-order valence-electron chi connectivity index (χ2n) is 4.39. The van der Waals surface area contributed by atoms with Crippen molar-refractivity contribution in [2.45, 2.75) is 13.8 Å². The van der Waals surface area contributed by atoms with Crippen LogP contribution >= 0.6 is 0 Å². The summed E-state index contributed by atoms with van der Waals surface area (Å²) in [5, 5.41) is 2.75. The normalized spacial score (nSPS) is 9.90. The molecular weight excluding hydrogens is 252 g/mol. The van der Waals surface area contributed by atoms with Gasteiger partial charge in [-0.1, -0.05) is 30.3 Å². The van der Waals surface area contributed by atoms with Crippen LogP contribution in [0, 0.1) is 0 Å². The van der Waals surface area contributed by atoms with Gasteiger partial charge in [0.25, 0.3) is 0 Å². The molecule has 0 aliphatic heterocycles. The van der Waals surface area contributed by atoms with E-state index in [0.29, 0.717) is 11.4 Å². The first kappa shape index (κ1) is 13.8. The van der Waals surface area contributed by atoms with Crippen LogP contribution in [-0.4, -0.2) is 11.8 Å². The number of amides is 2. The highest BCUT2D eigenvalue weighted by molar-refractivity contribution is 6.04. The first-order valence-corrected chi connectivity index (χ1v) is 6.32. The lowest BCUT2D eigenvalue weighted by Gasteiger charge is -2.24. The SMILES string of the molecule is CC(=O)Nc1ccccc1N(C(C)=O)c1ccccc1. The molecule has 4 nitrogen and oxygen atoms in total. The zero-order valence-electron chi connectivity index (χ0n) is 11.5. The summed E-state index contributed by atoms with van der Waals surface area (Å²) < 4.78 is 0. The van der Waals surface area contributed by atoms with Gasteiger partial charge in [0.2, 0.25) is 11.8 Å². The Bertz CT molecular complexity index is 623. The third-order valence-electron chi connectivity index (χ3n) is 2.78. The van der Waals surface area contributed by atoms with E-state index in [2.05, 4.69) is 5.32 Å². The van der Waals surface area contributed by atoms with Crippen LogP contribution in [0.25, 0.3) is 0 Å². The zero-order valence-corrected chi connectivity index (χ0v) is 11.5. The molecule has 0 aromatic heterocycles. The number of hydrogen-bond donors (Lipinski definition) is 1. The highest BCUT2D eigenvalue weighted by atomic mass is 16.2. The molecule has 0 atom stereocenters. The molecule has 0 aliphatic rings. The summed E-state index contributed by atoms with van der Waals surface area (Å²) in [6.45, 7) is 2.94. The summed E-state index contributed by atoms with van der Waals surface area (Å²) in [6, 6.07) is 16.6. The molecule has 0 spiro atoms. The third-order valence-corrected chi connectivity index (χ3v) is 2.78. The van der Waals surface area contributed by atoms with E-state index in [1.807, 2.05) is 42.5 Å². The molecule has 20 heavy (non-hydrogen) atoms. The summed E-state index contributed by atoms with van der Waals surface area (Å²) >= 11 is 0. The second-order valence-corrected chi connectivity index (χ2v) is 4.39. The predicted molar refractivity (Wildman–Crippen MR) is 80.0 cm³/mol. The summed E-state index contributed by atoms with van der Waals surface area (Å²) in [5.74, 6) is -0.289. The van der Waals surface area contributed by atoms with Crippen molar-refractivity contribution < 1.29 is 9.59 Å². The molecule has 2 rings (SSSR count). The maximum absolute atomic E-state index is 12.0. The van der Waals surface area contributed by atoms with E-state index in [1.165, 1.54) is 13.8 Å². The highest BCUT2D eigenvalue weighted by Gasteiger charge is 2.17. The highest BCUT2D eigenvalue weighted by Crippen LogP contribution is 2.32. The molecule has 0 aliphatic carbocycles. The van der Waals surface area contributed by atoms with Crippen molar-refractivity contribution in [3.05, 3.63) is 54.6 Å². The lowest BCUT2D eigenvalue weighted by molar-refractivity contribution is -0.116. The Morgan fingerprint density at radius 1 is 0.900 bits per heavy atom. The van der Waals surface area contributed by atoms with Crippen LogP contribution < -0.4 is 10.2 Å². The van der Waals surface area contributed by atoms with Gasteiger partial charge in [-0.2, -0.15) is 0 Å². The van der Waals surface area contributed by atoms with Gasteiger partial charge in [0, 0.05) is 19.5 Å². The van der Waals surface area contributed by atoms with Crippen molar-refractivity contribution in [1.82, 2.24) is 0 Å². The van der Waals surface area contributed by atoms with E-state index < -0.39 is 0 Å². The maximum atomic E-state index is 12.0. The molecular formula is C16H16N2O2. The van der Waals surface area contributed by atoms with E-state index in [9.17, 15) is 9.59 Å². The van der Waals surface area contributed by atoms with Gasteiger partial charge in [0.1, 0.15) is 0 Å². The summed E-state index contributed by atoms with van der Waals surface area (Å²) in [6.07, 6.45) is 0. The number of nitrogens with zero attached hydrogens (tertiary/aromatic N) is 1. The molecule has 2 aromatic carbocycles. The van der Waals surface area contributed by atoms with Crippen molar-refractivity contribution in [2.75, 3.05) is 10.2 Å². The number of nitrogens with one attached hydrogen (secondary N) is 1. The van der Waals surface area contributed by atoms with Crippen LogP contribution in [0.2, 0.25) is 0 Å². The van der Waals surface area contributed by atoms with Crippen LogP contribution in [0.4, 0.5) is 17.1 Å².